The molecule has 1 aliphatic heterocycles. The van der Waals surface area contributed by atoms with Crippen molar-refractivity contribution in [3.8, 4) is 0 Å². The molecule has 132 valence electrons. The Labute approximate surface area is 151 Å². The SMILES string of the molecule is C=C1c2cc(C(C)(C)C)ccc2S(=O)(=O)c2ccc(C(C)(C)C)cc21. The van der Waals surface area contributed by atoms with Gasteiger partial charge in [-0.25, -0.2) is 8.42 Å². The maximum Gasteiger partial charge on any atom is 0.207 e. The molecule has 2 aromatic carbocycles. The summed E-state index contributed by atoms with van der Waals surface area (Å²) in [5, 5.41) is 0. The second kappa shape index (κ2) is 5.31. The molecule has 0 fully saturated rings. The summed E-state index contributed by atoms with van der Waals surface area (Å²) in [5.41, 5.74) is 4.37. The summed E-state index contributed by atoms with van der Waals surface area (Å²) in [6.07, 6.45) is 0. The maximum atomic E-state index is 13.1. The predicted molar refractivity (Wildman–Crippen MR) is 104 cm³/mol. The highest BCUT2D eigenvalue weighted by Crippen LogP contribution is 2.43. The molecule has 25 heavy (non-hydrogen) atoms. The predicted octanol–water partition coefficient (Wildman–Crippen LogP) is 5.49. The lowest BCUT2D eigenvalue weighted by Crippen LogP contribution is -2.18. The zero-order chi connectivity index (χ0) is 18.8. The average molecular weight is 355 g/mol. The zero-order valence-electron chi connectivity index (χ0n) is 15.9. The molecule has 0 aromatic heterocycles. The fourth-order valence-electron chi connectivity index (χ4n) is 3.20. The fraction of sp³-hybridized carbons (Fsp3) is 0.364. The zero-order valence-corrected chi connectivity index (χ0v) is 16.7. The van der Waals surface area contributed by atoms with Crippen LogP contribution in [0.3, 0.4) is 0 Å². The van der Waals surface area contributed by atoms with Gasteiger partial charge in [0.05, 0.1) is 9.79 Å². The summed E-state index contributed by atoms with van der Waals surface area (Å²) < 4.78 is 26.2. The van der Waals surface area contributed by atoms with Crippen LogP contribution < -0.4 is 0 Å². The Morgan fingerprint density at radius 2 is 1.08 bits per heavy atom. The van der Waals surface area contributed by atoms with Crippen molar-refractivity contribution in [2.45, 2.75) is 62.2 Å². The quantitative estimate of drug-likeness (QED) is 0.535. The molecule has 2 nitrogen and oxygen atoms in total. The molecule has 1 heterocycles. The molecule has 0 spiro atoms. The van der Waals surface area contributed by atoms with Crippen molar-refractivity contribution >= 4 is 15.4 Å². The average Bonchev–Trinajstić information content (AvgIpc) is 2.50. The summed E-state index contributed by atoms with van der Waals surface area (Å²) in [6.45, 7) is 17.0. The highest BCUT2D eigenvalue weighted by atomic mass is 32.2. The minimum atomic E-state index is -3.52. The lowest BCUT2D eigenvalue weighted by molar-refractivity contribution is 0.582. The first-order chi connectivity index (χ1) is 11.3. The molecular formula is C22H26O2S. The van der Waals surface area contributed by atoms with Gasteiger partial charge in [-0.15, -0.1) is 0 Å². The molecule has 0 saturated carbocycles. The van der Waals surface area contributed by atoms with Gasteiger partial charge in [0.1, 0.15) is 0 Å². The van der Waals surface area contributed by atoms with E-state index in [0.29, 0.717) is 9.79 Å². The normalized spacial score (nSPS) is 16.3. The van der Waals surface area contributed by atoms with Crippen molar-refractivity contribution in [1.82, 2.24) is 0 Å². The van der Waals surface area contributed by atoms with Crippen molar-refractivity contribution in [2.75, 3.05) is 0 Å². The third-order valence-corrected chi connectivity index (χ3v) is 6.79. The van der Waals surface area contributed by atoms with Gasteiger partial charge in [0.25, 0.3) is 0 Å². The molecule has 1 aliphatic rings. The molecule has 0 aliphatic carbocycles. The number of fused-ring (bicyclic) bond motifs is 2. The smallest absolute Gasteiger partial charge is 0.207 e. The van der Waals surface area contributed by atoms with E-state index in [-0.39, 0.29) is 10.8 Å². The summed E-state index contributed by atoms with van der Waals surface area (Å²) in [4.78, 5) is 0.725. The van der Waals surface area contributed by atoms with Crippen molar-refractivity contribution in [3.63, 3.8) is 0 Å². The molecule has 3 rings (SSSR count). The number of rotatable bonds is 0. The Balaban J connectivity index is 2.29. The number of hydrogen-bond acceptors (Lipinski definition) is 2. The van der Waals surface area contributed by atoms with Crippen LogP contribution >= 0.6 is 0 Å². The van der Waals surface area contributed by atoms with Crippen LogP contribution in [0.4, 0.5) is 0 Å². The van der Waals surface area contributed by atoms with Crippen LogP contribution in [0, 0.1) is 0 Å². The summed E-state index contributed by atoms with van der Waals surface area (Å²) >= 11 is 0. The Morgan fingerprint density at radius 3 is 1.40 bits per heavy atom. The second-order valence-corrected chi connectivity index (χ2v) is 10.8. The van der Waals surface area contributed by atoms with Gasteiger partial charge in [-0.2, -0.15) is 0 Å². The Hall–Kier alpha value is -1.87. The van der Waals surface area contributed by atoms with Crippen molar-refractivity contribution in [2.24, 2.45) is 0 Å². The first kappa shape index (κ1) is 17.9. The molecular weight excluding hydrogens is 328 g/mol. The largest absolute Gasteiger partial charge is 0.218 e. The highest BCUT2D eigenvalue weighted by molar-refractivity contribution is 7.91. The summed E-state index contributed by atoms with van der Waals surface area (Å²) in [7, 11) is -3.52. The molecule has 0 amide bonds. The molecule has 0 radical (unpaired) electrons. The van der Waals surface area contributed by atoms with Gasteiger partial charge < -0.3 is 0 Å². The van der Waals surface area contributed by atoms with E-state index < -0.39 is 9.84 Å². The molecule has 0 atom stereocenters. The first-order valence-electron chi connectivity index (χ1n) is 8.57. The van der Waals surface area contributed by atoms with Crippen LogP contribution in [0.5, 0.6) is 0 Å². The van der Waals surface area contributed by atoms with E-state index >= 15 is 0 Å². The third-order valence-electron chi connectivity index (χ3n) is 4.92. The Morgan fingerprint density at radius 1 is 0.720 bits per heavy atom. The van der Waals surface area contributed by atoms with Crippen molar-refractivity contribution in [1.29, 1.82) is 0 Å². The molecule has 0 bridgehead atoms. The highest BCUT2D eigenvalue weighted by Gasteiger charge is 2.33. The van der Waals surface area contributed by atoms with Gasteiger partial charge >= 0.3 is 0 Å². The lowest BCUT2D eigenvalue weighted by Gasteiger charge is -2.28. The van der Waals surface area contributed by atoms with Crippen LogP contribution in [0.25, 0.3) is 5.57 Å². The number of sulfone groups is 1. The van der Waals surface area contributed by atoms with Crippen LogP contribution in [-0.2, 0) is 20.7 Å². The maximum absolute atomic E-state index is 13.1. The molecule has 0 saturated heterocycles. The van der Waals surface area contributed by atoms with Gasteiger partial charge in [-0.05, 0) is 51.8 Å². The van der Waals surface area contributed by atoms with Crippen LogP contribution in [-0.4, -0.2) is 8.42 Å². The standard InChI is InChI=1S/C22H26O2S/c1-14-17-12-15(21(2,3)4)8-10-19(17)25(23,24)20-11-9-16(13-18(14)20)22(5,6)7/h8-13H,1H2,2-7H3. The molecule has 0 N–H and O–H groups in total. The third kappa shape index (κ3) is 2.85. The summed E-state index contributed by atoms with van der Waals surface area (Å²) in [6, 6.07) is 11.3. The van der Waals surface area contributed by atoms with Crippen LogP contribution in [0.1, 0.15) is 63.8 Å². The molecule has 0 unspecified atom stereocenters. The second-order valence-electron chi connectivity index (χ2n) is 8.90. The van der Waals surface area contributed by atoms with E-state index in [1.807, 2.05) is 24.3 Å². The number of hydrogen-bond donors (Lipinski definition) is 0. The van der Waals surface area contributed by atoms with Gasteiger partial charge in [0.2, 0.25) is 9.84 Å². The van der Waals surface area contributed by atoms with E-state index in [4.69, 9.17) is 0 Å². The minimum Gasteiger partial charge on any atom is -0.218 e. The van der Waals surface area contributed by atoms with E-state index in [2.05, 4.69) is 48.1 Å². The van der Waals surface area contributed by atoms with E-state index in [9.17, 15) is 8.42 Å². The van der Waals surface area contributed by atoms with Crippen LogP contribution in [0.2, 0.25) is 0 Å². The lowest BCUT2D eigenvalue weighted by atomic mass is 9.83. The van der Waals surface area contributed by atoms with E-state index in [0.717, 1.165) is 27.8 Å². The van der Waals surface area contributed by atoms with E-state index in [1.165, 1.54) is 0 Å². The molecule has 3 heteroatoms. The topological polar surface area (TPSA) is 34.1 Å². The fourth-order valence-corrected chi connectivity index (χ4v) is 4.87. The van der Waals surface area contributed by atoms with Crippen LogP contribution in [0.15, 0.2) is 52.8 Å². The monoisotopic (exact) mass is 354 g/mol. The summed E-state index contributed by atoms with van der Waals surface area (Å²) in [5.74, 6) is 0. The number of benzene rings is 2. The molecule has 2 aromatic rings. The van der Waals surface area contributed by atoms with Gasteiger partial charge in [-0.3, -0.25) is 0 Å². The van der Waals surface area contributed by atoms with Crippen molar-refractivity contribution in [3.05, 3.63) is 65.2 Å². The van der Waals surface area contributed by atoms with Crippen molar-refractivity contribution < 1.29 is 8.42 Å². The minimum absolute atomic E-state index is 0.0490. The first-order valence-corrected chi connectivity index (χ1v) is 10.1. The van der Waals surface area contributed by atoms with Gasteiger partial charge in [0.15, 0.2) is 0 Å². The van der Waals surface area contributed by atoms with E-state index in [1.54, 1.807) is 12.1 Å². The van der Waals surface area contributed by atoms with Gasteiger partial charge in [-0.1, -0.05) is 60.3 Å². The Kier molecular flexibility index (Phi) is 3.81. The Bertz CT molecular complexity index is 908. The van der Waals surface area contributed by atoms with Gasteiger partial charge in [0, 0.05) is 11.1 Å².